The number of hydrogen-bond donors (Lipinski definition) is 1. The molecule has 0 saturated carbocycles. The molecule has 1 aliphatic heterocycles. The Morgan fingerprint density at radius 2 is 2.27 bits per heavy atom. The smallest absolute Gasteiger partial charge is 0.317 e. The fourth-order valence-electron chi connectivity index (χ4n) is 2.24. The van der Waals surface area contributed by atoms with Crippen LogP contribution in [0.25, 0.3) is 0 Å². The molecular formula is C16H20FN3O2. The van der Waals surface area contributed by atoms with Crippen molar-refractivity contribution in [2.75, 3.05) is 19.6 Å². The Hall–Kier alpha value is -2.37. The molecule has 22 heavy (non-hydrogen) atoms. The van der Waals surface area contributed by atoms with Gasteiger partial charge in [0.15, 0.2) is 6.10 Å². The maximum absolute atomic E-state index is 12.9. The van der Waals surface area contributed by atoms with Gasteiger partial charge in [-0.2, -0.15) is 0 Å². The molecule has 1 unspecified atom stereocenters. The van der Waals surface area contributed by atoms with Gasteiger partial charge in [0.1, 0.15) is 5.82 Å². The molecule has 1 atom stereocenters. The highest BCUT2D eigenvalue weighted by molar-refractivity contribution is 6.01. The highest BCUT2D eigenvalue weighted by Gasteiger charge is 2.26. The highest BCUT2D eigenvalue weighted by Crippen LogP contribution is 2.18. The van der Waals surface area contributed by atoms with Crippen molar-refractivity contribution in [2.45, 2.75) is 19.4 Å². The third-order valence-corrected chi connectivity index (χ3v) is 3.30. The fraction of sp³-hybridized carbons (Fsp3) is 0.375. The van der Waals surface area contributed by atoms with Crippen LogP contribution in [0.1, 0.15) is 18.9 Å². The molecule has 2 amide bonds. The van der Waals surface area contributed by atoms with Crippen LogP contribution >= 0.6 is 0 Å². The largest absolute Gasteiger partial charge is 0.390 e. The Kier molecular flexibility index (Phi) is 5.52. The van der Waals surface area contributed by atoms with Crippen molar-refractivity contribution >= 4 is 11.7 Å². The molecule has 118 valence electrons. The minimum atomic E-state index is -0.284. The van der Waals surface area contributed by atoms with E-state index in [1.54, 1.807) is 23.1 Å². The molecule has 1 N–H and O–H groups in total. The molecule has 1 aromatic carbocycles. The second-order valence-electron chi connectivity index (χ2n) is 5.01. The summed E-state index contributed by atoms with van der Waals surface area (Å²) in [5.41, 5.74) is 1.59. The first kappa shape index (κ1) is 16.0. The van der Waals surface area contributed by atoms with Gasteiger partial charge >= 0.3 is 6.03 Å². The van der Waals surface area contributed by atoms with Crippen LogP contribution in [-0.4, -0.2) is 42.4 Å². The first-order valence-corrected chi connectivity index (χ1v) is 7.26. The van der Waals surface area contributed by atoms with E-state index in [-0.39, 0.29) is 18.0 Å². The lowest BCUT2D eigenvalue weighted by Gasteiger charge is -2.23. The van der Waals surface area contributed by atoms with E-state index in [1.807, 2.05) is 6.92 Å². The molecule has 0 saturated heterocycles. The molecule has 0 fully saturated rings. The molecule has 0 aromatic heterocycles. The SMILES string of the molecule is C=CCN(CC1CC(c2ccc(F)cc2)=NO1)C(=O)NCC. The minimum absolute atomic E-state index is 0.152. The summed E-state index contributed by atoms with van der Waals surface area (Å²) < 4.78 is 12.9. The Labute approximate surface area is 129 Å². The number of rotatable bonds is 6. The van der Waals surface area contributed by atoms with Gasteiger partial charge in [-0.05, 0) is 24.6 Å². The van der Waals surface area contributed by atoms with Gasteiger partial charge in [-0.25, -0.2) is 9.18 Å². The molecule has 5 nitrogen and oxygen atoms in total. The van der Waals surface area contributed by atoms with E-state index in [1.165, 1.54) is 12.1 Å². The van der Waals surface area contributed by atoms with Crippen LogP contribution in [0.5, 0.6) is 0 Å². The van der Waals surface area contributed by atoms with Crippen LogP contribution in [-0.2, 0) is 4.84 Å². The summed E-state index contributed by atoms with van der Waals surface area (Å²) in [4.78, 5) is 19.0. The summed E-state index contributed by atoms with van der Waals surface area (Å²) in [5.74, 6) is -0.284. The van der Waals surface area contributed by atoms with Crippen molar-refractivity contribution in [1.82, 2.24) is 10.2 Å². The number of nitrogens with zero attached hydrogens (tertiary/aromatic N) is 2. The van der Waals surface area contributed by atoms with Crippen LogP contribution < -0.4 is 5.32 Å². The first-order valence-electron chi connectivity index (χ1n) is 7.26. The maximum Gasteiger partial charge on any atom is 0.317 e. The molecular weight excluding hydrogens is 285 g/mol. The zero-order valence-corrected chi connectivity index (χ0v) is 12.6. The summed E-state index contributed by atoms with van der Waals surface area (Å²) >= 11 is 0. The number of hydrogen-bond acceptors (Lipinski definition) is 3. The van der Waals surface area contributed by atoms with Crippen LogP contribution in [0.3, 0.4) is 0 Å². The van der Waals surface area contributed by atoms with E-state index in [0.717, 1.165) is 11.3 Å². The van der Waals surface area contributed by atoms with Crippen molar-refractivity contribution in [3.05, 3.63) is 48.3 Å². The van der Waals surface area contributed by atoms with E-state index >= 15 is 0 Å². The summed E-state index contributed by atoms with van der Waals surface area (Å²) in [6, 6.07) is 5.98. The van der Waals surface area contributed by atoms with Crippen molar-refractivity contribution < 1.29 is 14.0 Å². The third kappa shape index (κ3) is 4.07. The fourth-order valence-corrected chi connectivity index (χ4v) is 2.24. The molecule has 0 aliphatic carbocycles. The standard InChI is InChI=1S/C16H20FN3O2/c1-3-9-20(16(21)18-4-2)11-14-10-15(19-22-14)12-5-7-13(17)8-6-12/h3,5-8,14H,1,4,9-11H2,2H3,(H,18,21). The number of carbonyl (C=O) groups is 1. The van der Waals surface area contributed by atoms with Crippen molar-refractivity contribution in [3.63, 3.8) is 0 Å². The maximum atomic E-state index is 12.9. The van der Waals surface area contributed by atoms with Crippen LogP contribution in [0.4, 0.5) is 9.18 Å². The molecule has 0 bridgehead atoms. The first-order chi connectivity index (χ1) is 10.6. The van der Waals surface area contributed by atoms with E-state index in [0.29, 0.717) is 26.1 Å². The second-order valence-corrected chi connectivity index (χ2v) is 5.01. The molecule has 2 rings (SSSR count). The predicted molar refractivity (Wildman–Crippen MR) is 83.3 cm³/mol. The number of urea groups is 1. The monoisotopic (exact) mass is 305 g/mol. The van der Waals surface area contributed by atoms with Crippen molar-refractivity contribution in [1.29, 1.82) is 0 Å². The lowest BCUT2D eigenvalue weighted by molar-refractivity contribution is 0.0630. The third-order valence-electron chi connectivity index (χ3n) is 3.30. The number of oxime groups is 1. The van der Waals surface area contributed by atoms with Gasteiger partial charge in [-0.15, -0.1) is 6.58 Å². The Morgan fingerprint density at radius 1 is 1.55 bits per heavy atom. The van der Waals surface area contributed by atoms with Gasteiger partial charge in [0, 0.05) is 19.5 Å². The van der Waals surface area contributed by atoms with Gasteiger partial charge in [0.05, 0.1) is 12.3 Å². The summed E-state index contributed by atoms with van der Waals surface area (Å²) in [5, 5.41) is 6.80. The normalized spacial score (nSPS) is 16.6. The Morgan fingerprint density at radius 3 is 2.91 bits per heavy atom. The summed E-state index contributed by atoms with van der Waals surface area (Å²) in [6.07, 6.45) is 2.05. The van der Waals surface area contributed by atoms with Gasteiger partial charge in [0.2, 0.25) is 0 Å². The van der Waals surface area contributed by atoms with E-state index in [2.05, 4.69) is 17.1 Å². The number of benzene rings is 1. The van der Waals surface area contributed by atoms with E-state index < -0.39 is 0 Å². The average molecular weight is 305 g/mol. The summed E-state index contributed by atoms with van der Waals surface area (Å²) in [7, 11) is 0. The van der Waals surface area contributed by atoms with Gasteiger partial charge in [-0.3, -0.25) is 0 Å². The molecule has 0 spiro atoms. The molecule has 1 aliphatic rings. The second kappa shape index (κ2) is 7.59. The molecule has 1 aromatic rings. The van der Waals surface area contributed by atoms with E-state index in [4.69, 9.17) is 4.84 Å². The molecule has 6 heteroatoms. The van der Waals surface area contributed by atoms with Gasteiger partial charge in [-0.1, -0.05) is 23.4 Å². The number of halogens is 1. The quantitative estimate of drug-likeness (QED) is 0.821. The predicted octanol–water partition coefficient (Wildman–Crippen LogP) is 2.54. The molecule has 0 radical (unpaired) electrons. The highest BCUT2D eigenvalue weighted by atomic mass is 19.1. The van der Waals surface area contributed by atoms with Crippen LogP contribution in [0.2, 0.25) is 0 Å². The minimum Gasteiger partial charge on any atom is -0.390 e. The van der Waals surface area contributed by atoms with E-state index in [9.17, 15) is 9.18 Å². The van der Waals surface area contributed by atoms with Crippen molar-refractivity contribution in [3.8, 4) is 0 Å². The van der Waals surface area contributed by atoms with Gasteiger partial charge in [0.25, 0.3) is 0 Å². The van der Waals surface area contributed by atoms with Crippen LogP contribution in [0, 0.1) is 5.82 Å². The zero-order chi connectivity index (χ0) is 15.9. The Balaban J connectivity index is 1.94. The number of carbonyl (C=O) groups excluding carboxylic acids is 1. The lowest BCUT2D eigenvalue weighted by Crippen LogP contribution is -2.43. The topological polar surface area (TPSA) is 53.9 Å². The summed E-state index contributed by atoms with van der Waals surface area (Å²) in [6.45, 7) is 6.96. The van der Waals surface area contributed by atoms with Crippen LogP contribution in [0.15, 0.2) is 42.1 Å². The van der Waals surface area contributed by atoms with Gasteiger partial charge < -0.3 is 15.1 Å². The lowest BCUT2D eigenvalue weighted by atomic mass is 10.0. The zero-order valence-electron chi connectivity index (χ0n) is 12.6. The van der Waals surface area contributed by atoms with Crippen molar-refractivity contribution in [2.24, 2.45) is 5.16 Å². The number of amides is 2. The molecule has 1 heterocycles. The Bertz CT molecular complexity index is 557. The average Bonchev–Trinajstić information content (AvgIpc) is 2.96. The number of nitrogens with one attached hydrogen (secondary N) is 1.